The van der Waals surface area contributed by atoms with Crippen LogP contribution in [0.5, 0.6) is 5.75 Å². The standard InChI is InChI=1S/C20H22FNO4/c1-25-18-5-3-2-4-16(18)8-11-20(24)26-14-19(23)22-13-12-15-6-9-17(21)10-7-15/h2-7,9-10H,8,11-14H2,1H3,(H,22,23). The molecule has 138 valence electrons. The van der Waals surface area contributed by atoms with Crippen LogP contribution in [0.4, 0.5) is 4.39 Å². The van der Waals surface area contributed by atoms with Crippen molar-refractivity contribution in [2.75, 3.05) is 20.3 Å². The van der Waals surface area contributed by atoms with E-state index in [1.165, 1.54) is 12.1 Å². The van der Waals surface area contributed by atoms with Crippen LogP contribution in [0.1, 0.15) is 17.5 Å². The van der Waals surface area contributed by atoms with Crippen LogP contribution in [0, 0.1) is 5.82 Å². The Morgan fingerprint density at radius 1 is 1.04 bits per heavy atom. The molecule has 0 unspecified atom stereocenters. The second kappa shape index (κ2) is 10.2. The predicted octanol–water partition coefficient (Wildman–Crippen LogP) is 2.67. The summed E-state index contributed by atoms with van der Waals surface area (Å²) in [6.45, 7) is 0.0808. The van der Waals surface area contributed by atoms with E-state index in [0.717, 1.165) is 16.9 Å². The number of carbonyl (C=O) groups is 2. The number of amides is 1. The molecule has 0 aromatic heterocycles. The maximum absolute atomic E-state index is 12.8. The van der Waals surface area contributed by atoms with Gasteiger partial charge in [-0.05, 0) is 42.2 Å². The molecule has 0 fully saturated rings. The number of rotatable bonds is 9. The van der Waals surface area contributed by atoms with Crippen molar-refractivity contribution in [3.63, 3.8) is 0 Å². The molecule has 0 aliphatic carbocycles. The van der Waals surface area contributed by atoms with Gasteiger partial charge in [0.05, 0.1) is 7.11 Å². The van der Waals surface area contributed by atoms with Gasteiger partial charge < -0.3 is 14.8 Å². The van der Waals surface area contributed by atoms with Gasteiger partial charge in [-0.1, -0.05) is 30.3 Å². The topological polar surface area (TPSA) is 64.6 Å². The summed E-state index contributed by atoms with van der Waals surface area (Å²) in [6, 6.07) is 13.5. The highest BCUT2D eigenvalue weighted by Gasteiger charge is 2.09. The highest BCUT2D eigenvalue weighted by atomic mass is 19.1. The van der Waals surface area contributed by atoms with Crippen molar-refractivity contribution in [3.8, 4) is 5.75 Å². The molecular weight excluding hydrogens is 337 g/mol. The summed E-state index contributed by atoms with van der Waals surface area (Å²) in [4.78, 5) is 23.5. The minimum absolute atomic E-state index is 0.170. The highest BCUT2D eigenvalue weighted by Crippen LogP contribution is 2.18. The summed E-state index contributed by atoms with van der Waals surface area (Å²) in [5, 5.41) is 2.66. The first-order valence-corrected chi connectivity index (χ1v) is 8.37. The SMILES string of the molecule is COc1ccccc1CCC(=O)OCC(=O)NCCc1ccc(F)cc1. The second-order valence-corrected chi connectivity index (χ2v) is 5.70. The van der Waals surface area contributed by atoms with E-state index in [1.807, 2.05) is 24.3 Å². The number of benzene rings is 2. The van der Waals surface area contributed by atoms with Crippen molar-refractivity contribution < 1.29 is 23.5 Å². The molecule has 2 aromatic rings. The molecule has 26 heavy (non-hydrogen) atoms. The van der Waals surface area contributed by atoms with Crippen molar-refractivity contribution in [2.24, 2.45) is 0 Å². The monoisotopic (exact) mass is 359 g/mol. The van der Waals surface area contributed by atoms with E-state index in [0.29, 0.717) is 19.4 Å². The van der Waals surface area contributed by atoms with Gasteiger partial charge in [0.25, 0.3) is 5.91 Å². The first-order valence-electron chi connectivity index (χ1n) is 8.37. The van der Waals surface area contributed by atoms with Gasteiger partial charge in [0.1, 0.15) is 11.6 Å². The lowest BCUT2D eigenvalue weighted by molar-refractivity contribution is -0.148. The average molecular weight is 359 g/mol. The fourth-order valence-electron chi connectivity index (χ4n) is 2.41. The molecule has 0 heterocycles. The summed E-state index contributed by atoms with van der Waals surface area (Å²) >= 11 is 0. The first kappa shape index (κ1) is 19.4. The lowest BCUT2D eigenvalue weighted by Gasteiger charge is -2.09. The molecule has 2 rings (SSSR count). The zero-order valence-corrected chi connectivity index (χ0v) is 14.7. The Hall–Kier alpha value is -2.89. The van der Waals surface area contributed by atoms with E-state index in [9.17, 15) is 14.0 Å². The third-order valence-corrected chi connectivity index (χ3v) is 3.80. The van der Waals surface area contributed by atoms with Crippen LogP contribution in [0.15, 0.2) is 48.5 Å². The van der Waals surface area contributed by atoms with Crippen molar-refractivity contribution in [2.45, 2.75) is 19.3 Å². The molecule has 6 heteroatoms. The zero-order chi connectivity index (χ0) is 18.8. The smallest absolute Gasteiger partial charge is 0.306 e. The lowest BCUT2D eigenvalue weighted by atomic mass is 10.1. The van der Waals surface area contributed by atoms with E-state index in [-0.39, 0.29) is 24.8 Å². The van der Waals surface area contributed by atoms with E-state index < -0.39 is 5.97 Å². The van der Waals surface area contributed by atoms with Gasteiger partial charge in [0.2, 0.25) is 0 Å². The minimum Gasteiger partial charge on any atom is -0.496 e. The largest absolute Gasteiger partial charge is 0.496 e. The average Bonchev–Trinajstić information content (AvgIpc) is 2.66. The predicted molar refractivity (Wildman–Crippen MR) is 95.4 cm³/mol. The quantitative estimate of drug-likeness (QED) is 0.699. The summed E-state index contributed by atoms with van der Waals surface area (Å²) < 4.78 is 23.0. The van der Waals surface area contributed by atoms with Gasteiger partial charge in [-0.25, -0.2) is 4.39 Å². The fourth-order valence-corrected chi connectivity index (χ4v) is 2.41. The number of hydrogen-bond acceptors (Lipinski definition) is 4. The molecule has 5 nitrogen and oxygen atoms in total. The molecule has 2 aromatic carbocycles. The van der Waals surface area contributed by atoms with Gasteiger partial charge in [0.15, 0.2) is 6.61 Å². The van der Waals surface area contributed by atoms with Gasteiger partial charge in [-0.2, -0.15) is 0 Å². The Labute approximate surface area is 152 Å². The van der Waals surface area contributed by atoms with Crippen molar-refractivity contribution in [1.29, 1.82) is 0 Å². The molecule has 0 aliphatic heterocycles. The number of hydrogen-bond donors (Lipinski definition) is 1. The Morgan fingerprint density at radius 2 is 1.77 bits per heavy atom. The van der Waals surface area contributed by atoms with Gasteiger partial charge in [0, 0.05) is 13.0 Å². The zero-order valence-electron chi connectivity index (χ0n) is 14.7. The molecule has 0 radical (unpaired) electrons. The number of para-hydroxylation sites is 1. The number of carbonyl (C=O) groups excluding carboxylic acids is 2. The Bertz CT molecular complexity index is 731. The fraction of sp³-hybridized carbons (Fsp3) is 0.300. The molecule has 0 atom stereocenters. The van der Waals surface area contributed by atoms with Crippen molar-refractivity contribution in [1.82, 2.24) is 5.32 Å². The number of aryl methyl sites for hydroxylation is 1. The summed E-state index contributed by atoms with van der Waals surface area (Å²) in [5.41, 5.74) is 1.83. The maximum atomic E-state index is 12.8. The molecule has 0 saturated heterocycles. The van der Waals surface area contributed by atoms with Gasteiger partial charge in [-0.3, -0.25) is 9.59 Å². The second-order valence-electron chi connectivity index (χ2n) is 5.70. The van der Waals surface area contributed by atoms with Crippen LogP contribution in [0.3, 0.4) is 0 Å². The Kier molecular flexibility index (Phi) is 7.61. The van der Waals surface area contributed by atoms with Crippen molar-refractivity contribution in [3.05, 3.63) is 65.5 Å². The van der Waals surface area contributed by atoms with Gasteiger partial charge in [-0.15, -0.1) is 0 Å². The Morgan fingerprint density at radius 3 is 2.50 bits per heavy atom. The van der Waals surface area contributed by atoms with E-state index >= 15 is 0 Å². The summed E-state index contributed by atoms with van der Waals surface area (Å²) in [7, 11) is 1.58. The van der Waals surface area contributed by atoms with E-state index in [1.54, 1.807) is 19.2 Å². The normalized spacial score (nSPS) is 10.2. The van der Waals surface area contributed by atoms with Crippen LogP contribution in [-0.2, 0) is 27.2 Å². The highest BCUT2D eigenvalue weighted by molar-refractivity contribution is 5.80. The summed E-state index contributed by atoms with van der Waals surface area (Å²) in [5.74, 6) is -0.376. The lowest BCUT2D eigenvalue weighted by Crippen LogP contribution is -2.30. The number of esters is 1. The van der Waals surface area contributed by atoms with Crippen LogP contribution in [-0.4, -0.2) is 32.1 Å². The molecule has 0 spiro atoms. The molecular formula is C20H22FNO4. The molecule has 0 saturated carbocycles. The van der Waals surface area contributed by atoms with E-state index in [2.05, 4.69) is 5.32 Å². The molecule has 0 aliphatic rings. The third kappa shape index (κ3) is 6.55. The summed E-state index contributed by atoms with van der Waals surface area (Å²) in [6.07, 6.45) is 1.23. The maximum Gasteiger partial charge on any atom is 0.306 e. The van der Waals surface area contributed by atoms with Crippen molar-refractivity contribution >= 4 is 11.9 Å². The van der Waals surface area contributed by atoms with Crippen LogP contribution in [0.2, 0.25) is 0 Å². The molecule has 0 bridgehead atoms. The Balaban J connectivity index is 1.63. The first-order chi connectivity index (χ1) is 12.6. The molecule has 1 amide bonds. The number of halogens is 1. The minimum atomic E-state index is -0.440. The number of methoxy groups -OCH3 is 1. The molecule has 1 N–H and O–H groups in total. The number of ether oxygens (including phenoxy) is 2. The van der Waals surface area contributed by atoms with Crippen LogP contribution < -0.4 is 10.1 Å². The van der Waals surface area contributed by atoms with Gasteiger partial charge >= 0.3 is 5.97 Å². The third-order valence-electron chi connectivity index (χ3n) is 3.80. The number of nitrogens with one attached hydrogen (secondary N) is 1. The van der Waals surface area contributed by atoms with E-state index in [4.69, 9.17) is 9.47 Å². The van der Waals surface area contributed by atoms with Crippen LogP contribution in [0.25, 0.3) is 0 Å². The van der Waals surface area contributed by atoms with Crippen LogP contribution >= 0.6 is 0 Å².